The Labute approximate surface area is 150 Å². The van der Waals surface area contributed by atoms with Crippen molar-refractivity contribution in [2.24, 2.45) is 10.7 Å². The van der Waals surface area contributed by atoms with Gasteiger partial charge in [-0.25, -0.2) is 0 Å². The number of halogens is 2. The molecule has 0 aromatic heterocycles. The van der Waals surface area contributed by atoms with Crippen LogP contribution >= 0.6 is 23.2 Å². The van der Waals surface area contributed by atoms with Gasteiger partial charge in [0.25, 0.3) is 0 Å². The number of carbonyl (C=O) groups is 1. The van der Waals surface area contributed by atoms with Crippen molar-refractivity contribution in [1.29, 1.82) is 0 Å². The molecule has 122 valence electrons. The Morgan fingerprint density at radius 3 is 2.67 bits per heavy atom. The molecule has 0 unspecified atom stereocenters. The van der Waals surface area contributed by atoms with Crippen LogP contribution in [0.5, 0.6) is 0 Å². The molecule has 0 bridgehead atoms. The molecule has 24 heavy (non-hydrogen) atoms. The van der Waals surface area contributed by atoms with Crippen molar-refractivity contribution in [3.63, 3.8) is 0 Å². The lowest BCUT2D eigenvalue weighted by atomic mass is 10.00. The van der Waals surface area contributed by atoms with E-state index in [2.05, 4.69) is 4.99 Å². The van der Waals surface area contributed by atoms with Crippen LogP contribution in [-0.4, -0.2) is 25.2 Å². The third kappa shape index (κ3) is 3.16. The summed E-state index contributed by atoms with van der Waals surface area (Å²) in [5.74, 6) is -0.510. The third-order valence-electron chi connectivity index (χ3n) is 3.84. The van der Waals surface area contributed by atoms with Crippen LogP contribution in [0.1, 0.15) is 11.1 Å². The van der Waals surface area contributed by atoms with Gasteiger partial charge in [0.2, 0.25) is 5.91 Å². The summed E-state index contributed by atoms with van der Waals surface area (Å²) in [6.07, 6.45) is 1.39. The standard InChI is InChI=1S/C18H15Cl2N3O/c1-23-12(9-17(21)24)10-22-18(13-4-2-3-5-15(13)20)14-8-11(19)6-7-16(14)23/h2-9H,10H2,1H3,(H2,21,24). The number of nitrogens with zero attached hydrogens (tertiary/aromatic N) is 2. The van der Waals surface area contributed by atoms with Crippen molar-refractivity contribution < 1.29 is 4.79 Å². The first-order valence-electron chi connectivity index (χ1n) is 7.30. The van der Waals surface area contributed by atoms with Gasteiger partial charge < -0.3 is 10.6 Å². The predicted octanol–water partition coefficient (Wildman–Crippen LogP) is 3.65. The van der Waals surface area contributed by atoms with Gasteiger partial charge in [0, 0.05) is 40.0 Å². The van der Waals surface area contributed by atoms with Crippen molar-refractivity contribution in [2.45, 2.75) is 0 Å². The van der Waals surface area contributed by atoms with E-state index in [4.69, 9.17) is 28.9 Å². The van der Waals surface area contributed by atoms with Crippen LogP contribution < -0.4 is 10.6 Å². The van der Waals surface area contributed by atoms with Crippen molar-refractivity contribution in [1.82, 2.24) is 0 Å². The van der Waals surface area contributed by atoms with Gasteiger partial charge in [0.1, 0.15) is 0 Å². The average molecular weight is 360 g/mol. The number of hydrogen-bond acceptors (Lipinski definition) is 3. The molecule has 0 spiro atoms. The van der Waals surface area contributed by atoms with Gasteiger partial charge in [0.05, 0.1) is 17.9 Å². The maximum Gasteiger partial charge on any atom is 0.243 e. The summed E-state index contributed by atoms with van der Waals surface area (Å²) in [6.45, 7) is 0.312. The number of rotatable bonds is 2. The predicted molar refractivity (Wildman–Crippen MR) is 99.1 cm³/mol. The normalized spacial score (nSPS) is 15.7. The number of nitrogens with two attached hydrogens (primary N) is 1. The zero-order chi connectivity index (χ0) is 17.3. The highest BCUT2D eigenvalue weighted by atomic mass is 35.5. The molecule has 2 aromatic carbocycles. The molecular weight excluding hydrogens is 345 g/mol. The molecular formula is C18H15Cl2N3O. The number of hydrogen-bond donors (Lipinski definition) is 1. The molecule has 1 aliphatic heterocycles. The molecule has 0 atom stereocenters. The number of benzene rings is 2. The Morgan fingerprint density at radius 2 is 1.96 bits per heavy atom. The van der Waals surface area contributed by atoms with Crippen LogP contribution in [0.4, 0.5) is 5.69 Å². The number of likely N-dealkylation sites (N-methyl/N-ethyl adjacent to an activating group) is 1. The number of anilines is 1. The van der Waals surface area contributed by atoms with Gasteiger partial charge in [-0.3, -0.25) is 9.79 Å². The summed E-state index contributed by atoms with van der Waals surface area (Å²) >= 11 is 12.6. The quantitative estimate of drug-likeness (QED) is 0.831. The summed E-state index contributed by atoms with van der Waals surface area (Å²) in [5, 5.41) is 1.20. The highest BCUT2D eigenvalue weighted by molar-refractivity contribution is 6.36. The Balaban J connectivity index is 2.25. The Hall–Kier alpha value is -2.30. The van der Waals surface area contributed by atoms with Gasteiger partial charge in [-0.2, -0.15) is 0 Å². The molecule has 2 aromatic rings. The molecule has 0 saturated heterocycles. The molecule has 0 fully saturated rings. The first-order chi connectivity index (χ1) is 11.5. The fourth-order valence-electron chi connectivity index (χ4n) is 2.69. The van der Waals surface area contributed by atoms with Crippen LogP contribution in [0.15, 0.2) is 59.2 Å². The number of fused-ring (bicyclic) bond motifs is 1. The first-order valence-corrected chi connectivity index (χ1v) is 8.06. The SMILES string of the molecule is CN1C(=CC(N)=O)CN=C(c2ccccc2Cl)c2cc(Cl)ccc21. The minimum Gasteiger partial charge on any atom is -0.366 e. The van der Waals surface area contributed by atoms with E-state index < -0.39 is 5.91 Å². The minimum atomic E-state index is -0.510. The lowest BCUT2D eigenvalue weighted by Gasteiger charge is -2.22. The minimum absolute atomic E-state index is 0.312. The van der Waals surface area contributed by atoms with Crippen molar-refractivity contribution >= 4 is 40.5 Å². The molecule has 0 saturated carbocycles. The van der Waals surface area contributed by atoms with Gasteiger partial charge in [-0.05, 0) is 24.3 Å². The molecule has 2 N–H and O–H groups in total. The maximum absolute atomic E-state index is 11.3. The second-order valence-corrected chi connectivity index (χ2v) is 6.25. The Morgan fingerprint density at radius 1 is 1.21 bits per heavy atom. The zero-order valence-corrected chi connectivity index (χ0v) is 14.5. The van der Waals surface area contributed by atoms with E-state index in [1.807, 2.05) is 48.3 Å². The zero-order valence-electron chi connectivity index (χ0n) is 13.0. The van der Waals surface area contributed by atoms with E-state index in [9.17, 15) is 4.79 Å². The van der Waals surface area contributed by atoms with Crippen molar-refractivity contribution in [2.75, 3.05) is 18.5 Å². The number of aliphatic imine (C=N–C) groups is 1. The van der Waals surface area contributed by atoms with E-state index in [1.54, 1.807) is 6.07 Å². The van der Waals surface area contributed by atoms with Crippen LogP contribution in [0.2, 0.25) is 10.0 Å². The average Bonchev–Trinajstić information content (AvgIpc) is 2.66. The van der Waals surface area contributed by atoms with E-state index in [1.165, 1.54) is 6.08 Å². The molecule has 1 aliphatic rings. The molecule has 3 rings (SSSR count). The van der Waals surface area contributed by atoms with E-state index >= 15 is 0 Å². The molecule has 4 nitrogen and oxygen atoms in total. The highest BCUT2D eigenvalue weighted by Gasteiger charge is 2.22. The monoisotopic (exact) mass is 359 g/mol. The van der Waals surface area contributed by atoms with Crippen LogP contribution in [-0.2, 0) is 4.79 Å². The molecule has 6 heteroatoms. The fourth-order valence-corrected chi connectivity index (χ4v) is 3.08. The van der Waals surface area contributed by atoms with Crippen molar-refractivity contribution in [3.8, 4) is 0 Å². The van der Waals surface area contributed by atoms with E-state index in [0.29, 0.717) is 22.3 Å². The first kappa shape index (κ1) is 16.6. The van der Waals surface area contributed by atoms with Gasteiger partial charge in [-0.15, -0.1) is 0 Å². The molecule has 0 radical (unpaired) electrons. The lowest BCUT2D eigenvalue weighted by molar-refractivity contribution is -0.113. The van der Waals surface area contributed by atoms with E-state index in [0.717, 1.165) is 22.5 Å². The van der Waals surface area contributed by atoms with Crippen LogP contribution in [0, 0.1) is 0 Å². The lowest BCUT2D eigenvalue weighted by Crippen LogP contribution is -2.21. The number of benzodiazepines with no additional fused rings is 1. The van der Waals surface area contributed by atoms with Crippen LogP contribution in [0.25, 0.3) is 0 Å². The summed E-state index contributed by atoms with van der Waals surface area (Å²) < 4.78 is 0. The van der Waals surface area contributed by atoms with Gasteiger partial charge in [0.15, 0.2) is 0 Å². The number of carbonyl (C=O) groups excluding carboxylic acids is 1. The summed E-state index contributed by atoms with van der Waals surface area (Å²) in [6, 6.07) is 13.0. The highest BCUT2D eigenvalue weighted by Crippen LogP contribution is 2.32. The van der Waals surface area contributed by atoms with Crippen LogP contribution in [0.3, 0.4) is 0 Å². The summed E-state index contributed by atoms with van der Waals surface area (Å²) in [5.41, 5.74) is 9.30. The number of primary amides is 1. The maximum atomic E-state index is 11.3. The topological polar surface area (TPSA) is 58.7 Å². The summed E-state index contributed by atoms with van der Waals surface area (Å²) in [4.78, 5) is 17.9. The fraction of sp³-hybridized carbons (Fsp3) is 0.111. The molecule has 0 aliphatic carbocycles. The number of amides is 1. The molecule has 1 amide bonds. The Bertz CT molecular complexity index is 874. The van der Waals surface area contributed by atoms with Gasteiger partial charge in [-0.1, -0.05) is 41.4 Å². The van der Waals surface area contributed by atoms with Gasteiger partial charge >= 0.3 is 0 Å². The van der Waals surface area contributed by atoms with E-state index in [-0.39, 0.29) is 0 Å². The molecule has 1 heterocycles. The second-order valence-electron chi connectivity index (χ2n) is 5.40. The third-order valence-corrected chi connectivity index (χ3v) is 4.41. The smallest absolute Gasteiger partial charge is 0.243 e. The van der Waals surface area contributed by atoms with Crippen molar-refractivity contribution in [3.05, 3.63) is 75.4 Å². The summed E-state index contributed by atoms with van der Waals surface area (Å²) in [7, 11) is 1.87. The Kier molecular flexibility index (Phi) is 4.60. The largest absolute Gasteiger partial charge is 0.366 e. The second kappa shape index (κ2) is 6.67.